The minimum absolute atomic E-state index is 0.00838. The van der Waals surface area contributed by atoms with Gasteiger partial charge in [-0.2, -0.15) is 0 Å². The molecular formula is C11H18O3. The Hall–Kier alpha value is -0.860. The van der Waals surface area contributed by atoms with Crippen LogP contribution in [0.25, 0.3) is 0 Å². The van der Waals surface area contributed by atoms with E-state index in [9.17, 15) is 9.59 Å². The summed E-state index contributed by atoms with van der Waals surface area (Å²) in [6.07, 6.45) is 6.87. The van der Waals surface area contributed by atoms with Gasteiger partial charge < -0.3 is 5.11 Å². The molecule has 14 heavy (non-hydrogen) atoms. The predicted molar refractivity (Wildman–Crippen MR) is 53.1 cm³/mol. The maximum atomic E-state index is 11.4. The highest BCUT2D eigenvalue weighted by Crippen LogP contribution is 2.26. The standard InChI is InChI=1S/C11H18O3/c12-10(6-7-11(13)14)8-9-4-2-1-3-5-9/h9H,1-8H2,(H,13,14). The van der Waals surface area contributed by atoms with E-state index in [0.29, 0.717) is 12.3 Å². The lowest BCUT2D eigenvalue weighted by molar-refractivity contribution is -0.138. The van der Waals surface area contributed by atoms with Gasteiger partial charge in [-0.05, 0) is 5.92 Å². The highest BCUT2D eigenvalue weighted by atomic mass is 16.4. The molecule has 3 heteroatoms. The smallest absolute Gasteiger partial charge is 0.303 e. The third kappa shape index (κ3) is 4.40. The van der Waals surface area contributed by atoms with Gasteiger partial charge in [0.05, 0.1) is 6.42 Å². The molecule has 0 aromatic rings. The Morgan fingerprint density at radius 1 is 1.07 bits per heavy atom. The van der Waals surface area contributed by atoms with Crippen molar-refractivity contribution in [3.05, 3.63) is 0 Å². The first kappa shape index (κ1) is 11.2. The first-order chi connectivity index (χ1) is 6.68. The summed E-state index contributed by atoms with van der Waals surface area (Å²) in [7, 11) is 0. The first-order valence-corrected chi connectivity index (χ1v) is 5.42. The van der Waals surface area contributed by atoms with E-state index in [4.69, 9.17) is 5.11 Å². The number of carboxylic acids is 1. The number of hydrogen-bond donors (Lipinski definition) is 1. The van der Waals surface area contributed by atoms with Crippen LogP contribution < -0.4 is 0 Å². The normalized spacial score (nSPS) is 18.0. The van der Waals surface area contributed by atoms with Gasteiger partial charge in [0.15, 0.2) is 0 Å². The second-order valence-corrected chi connectivity index (χ2v) is 4.14. The van der Waals surface area contributed by atoms with Crippen LogP contribution in [0.2, 0.25) is 0 Å². The van der Waals surface area contributed by atoms with Gasteiger partial charge in [0.25, 0.3) is 0 Å². The number of carbonyl (C=O) groups is 2. The molecule has 1 fully saturated rings. The Morgan fingerprint density at radius 3 is 2.29 bits per heavy atom. The number of aliphatic carboxylic acids is 1. The fourth-order valence-electron chi connectivity index (χ4n) is 2.06. The zero-order valence-corrected chi connectivity index (χ0v) is 8.50. The summed E-state index contributed by atoms with van der Waals surface area (Å²) >= 11 is 0. The van der Waals surface area contributed by atoms with Crippen LogP contribution in [-0.4, -0.2) is 16.9 Å². The lowest BCUT2D eigenvalue weighted by atomic mass is 9.85. The Balaban J connectivity index is 2.15. The van der Waals surface area contributed by atoms with Crippen molar-refractivity contribution in [2.24, 2.45) is 5.92 Å². The maximum absolute atomic E-state index is 11.4. The average Bonchev–Trinajstić information content (AvgIpc) is 2.16. The van der Waals surface area contributed by atoms with Crippen molar-refractivity contribution in [1.29, 1.82) is 0 Å². The summed E-state index contributed by atoms with van der Waals surface area (Å²) < 4.78 is 0. The number of rotatable bonds is 5. The van der Waals surface area contributed by atoms with Crippen molar-refractivity contribution < 1.29 is 14.7 Å². The van der Waals surface area contributed by atoms with Gasteiger partial charge in [0.2, 0.25) is 0 Å². The molecule has 1 saturated carbocycles. The number of hydrogen-bond acceptors (Lipinski definition) is 2. The van der Waals surface area contributed by atoms with Crippen LogP contribution in [-0.2, 0) is 9.59 Å². The lowest BCUT2D eigenvalue weighted by Crippen LogP contribution is -2.12. The Bertz CT molecular complexity index is 205. The van der Waals surface area contributed by atoms with Gasteiger partial charge >= 0.3 is 5.97 Å². The van der Waals surface area contributed by atoms with Gasteiger partial charge in [0.1, 0.15) is 5.78 Å². The summed E-state index contributed by atoms with van der Waals surface area (Å²) in [5, 5.41) is 8.42. The summed E-state index contributed by atoms with van der Waals surface area (Å²) in [6.45, 7) is 0. The van der Waals surface area contributed by atoms with Crippen LogP contribution in [0.5, 0.6) is 0 Å². The van der Waals surface area contributed by atoms with E-state index in [1.165, 1.54) is 19.3 Å². The van der Waals surface area contributed by atoms with Crippen LogP contribution in [0.4, 0.5) is 0 Å². The molecule has 0 spiro atoms. The number of carboxylic acid groups (broad SMARTS) is 1. The SMILES string of the molecule is O=C(O)CCC(=O)CC1CCCCC1. The second kappa shape index (κ2) is 5.78. The van der Waals surface area contributed by atoms with E-state index in [0.717, 1.165) is 12.8 Å². The van der Waals surface area contributed by atoms with Crippen molar-refractivity contribution in [2.45, 2.75) is 51.4 Å². The highest BCUT2D eigenvalue weighted by Gasteiger charge is 2.17. The number of carbonyl (C=O) groups excluding carboxylic acids is 1. The van der Waals surface area contributed by atoms with E-state index < -0.39 is 5.97 Å². The molecule has 0 bridgehead atoms. The third-order valence-corrected chi connectivity index (χ3v) is 2.86. The first-order valence-electron chi connectivity index (χ1n) is 5.42. The van der Waals surface area contributed by atoms with Gasteiger partial charge in [-0.25, -0.2) is 0 Å². The quantitative estimate of drug-likeness (QED) is 0.738. The molecule has 0 radical (unpaired) electrons. The lowest BCUT2D eigenvalue weighted by Gasteiger charge is -2.20. The van der Waals surface area contributed by atoms with E-state index >= 15 is 0 Å². The van der Waals surface area contributed by atoms with Crippen LogP contribution >= 0.6 is 0 Å². The minimum atomic E-state index is -0.873. The molecule has 0 heterocycles. The van der Waals surface area contributed by atoms with E-state index in [2.05, 4.69) is 0 Å². The van der Waals surface area contributed by atoms with Crippen molar-refractivity contribution in [1.82, 2.24) is 0 Å². The molecule has 0 atom stereocenters. The maximum Gasteiger partial charge on any atom is 0.303 e. The monoisotopic (exact) mass is 198 g/mol. The highest BCUT2D eigenvalue weighted by molar-refractivity contribution is 5.82. The van der Waals surface area contributed by atoms with Crippen LogP contribution in [0.1, 0.15) is 51.4 Å². The van der Waals surface area contributed by atoms with Crippen LogP contribution in [0.15, 0.2) is 0 Å². The molecule has 1 aliphatic carbocycles. The van der Waals surface area contributed by atoms with Gasteiger partial charge in [0, 0.05) is 12.8 Å². The Labute approximate surface area is 84.5 Å². The van der Waals surface area contributed by atoms with Crippen molar-refractivity contribution in [3.63, 3.8) is 0 Å². The summed E-state index contributed by atoms with van der Waals surface area (Å²) in [5.41, 5.74) is 0. The third-order valence-electron chi connectivity index (χ3n) is 2.86. The fourth-order valence-corrected chi connectivity index (χ4v) is 2.06. The second-order valence-electron chi connectivity index (χ2n) is 4.14. The summed E-state index contributed by atoms with van der Waals surface area (Å²) in [6, 6.07) is 0. The molecule has 1 N–H and O–H groups in total. The van der Waals surface area contributed by atoms with Crippen molar-refractivity contribution >= 4 is 11.8 Å². The average molecular weight is 198 g/mol. The van der Waals surface area contributed by atoms with E-state index in [-0.39, 0.29) is 18.6 Å². The van der Waals surface area contributed by atoms with Gasteiger partial charge in [-0.15, -0.1) is 0 Å². The van der Waals surface area contributed by atoms with E-state index in [1.54, 1.807) is 0 Å². The zero-order chi connectivity index (χ0) is 10.4. The molecule has 0 amide bonds. The number of Topliss-reactive ketones (excluding diaryl/α,β-unsaturated/α-hetero) is 1. The largest absolute Gasteiger partial charge is 0.481 e. The molecule has 1 aliphatic rings. The predicted octanol–water partition coefficient (Wildman–Crippen LogP) is 2.39. The van der Waals surface area contributed by atoms with Crippen LogP contribution in [0, 0.1) is 5.92 Å². The summed E-state index contributed by atoms with van der Waals surface area (Å²) in [5.74, 6) is -0.216. The van der Waals surface area contributed by atoms with Crippen molar-refractivity contribution in [2.75, 3.05) is 0 Å². The molecule has 0 aromatic heterocycles. The van der Waals surface area contributed by atoms with E-state index in [1.807, 2.05) is 0 Å². The summed E-state index contributed by atoms with van der Waals surface area (Å²) in [4.78, 5) is 21.6. The van der Waals surface area contributed by atoms with Crippen LogP contribution in [0.3, 0.4) is 0 Å². The minimum Gasteiger partial charge on any atom is -0.481 e. The molecule has 0 aliphatic heterocycles. The molecule has 0 saturated heterocycles. The molecule has 0 unspecified atom stereocenters. The molecule has 0 aromatic carbocycles. The fraction of sp³-hybridized carbons (Fsp3) is 0.818. The molecule has 1 rings (SSSR count). The Morgan fingerprint density at radius 2 is 1.71 bits per heavy atom. The van der Waals surface area contributed by atoms with Crippen molar-refractivity contribution in [3.8, 4) is 0 Å². The van der Waals surface area contributed by atoms with Gasteiger partial charge in [-0.3, -0.25) is 9.59 Å². The zero-order valence-electron chi connectivity index (χ0n) is 8.50. The topological polar surface area (TPSA) is 54.4 Å². The molecule has 80 valence electrons. The van der Waals surface area contributed by atoms with Gasteiger partial charge in [-0.1, -0.05) is 32.1 Å². The molecule has 3 nitrogen and oxygen atoms in total. The Kier molecular flexibility index (Phi) is 4.63. The number of ketones is 1. The molecular weight excluding hydrogens is 180 g/mol.